The van der Waals surface area contributed by atoms with Crippen LogP contribution in [0.4, 0.5) is 13.2 Å². The first-order valence-electron chi connectivity index (χ1n) is 5.80. The summed E-state index contributed by atoms with van der Waals surface area (Å²) >= 11 is 1.10. The largest absolute Gasteiger partial charge is 0.489 e. The molecular formula is C13H15F3O2S. The molecule has 0 amide bonds. The number of ether oxygens (including phenoxy) is 1. The molecule has 0 radical (unpaired) electrons. The van der Waals surface area contributed by atoms with E-state index in [2.05, 4.69) is 0 Å². The highest BCUT2D eigenvalue weighted by Crippen LogP contribution is 2.27. The van der Waals surface area contributed by atoms with Gasteiger partial charge in [0.2, 0.25) is 5.76 Å². The van der Waals surface area contributed by atoms with Crippen LogP contribution in [0.1, 0.15) is 29.9 Å². The van der Waals surface area contributed by atoms with Gasteiger partial charge < -0.3 is 4.74 Å². The number of hydrogen-bond donors (Lipinski definition) is 0. The molecule has 1 aromatic heterocycles. The first kappa shape index (κ1) is 15.8. The van der Waals surface area contributed by atoms with Crippen LogP contribution < -0.4 is 0 Å². The highest BCUT2D eigenvalue weighted by Gasteiger charge is 2.36. The van der Waals surface area contributed by atoms with Gasteiger partial charge >= 0.3 is 6.18 Å². The van der Waals surface area contributed by atoms with Crippen molar-refractivity contribution in [2.45, 2.75) is 26.4 Å². The molecule has 0 aromatic carbocycles. The molecule has 0 bridgehead atoms. The highest BCUT2D eigenvalue weighted by molar-refractivity contribution is 7.12. The number of hydrogen-bond acceptors (Lipinski definition) is 3. The Morgan fingerprint density at radius 1 is 1.47 bits per heavy atom. The quantitative estimate of drug-likeness (QED) is 0.440. The van der Waals surface area contributed by atoms with Crippen molar-refractivity contribution in [3.8, 4) is 0 Å². The average Bonchev–Trinajstić information content (AvgIpc) is 2.79. The first-order chi connectivity index (χ1) is 8.80. The minimum Gasteiger partial charge on any atom is -0.489 e. The molecule has 0 aliphatic rings. The average molecular weight is 292 g/mol. The summed E-state index contributed by atoms with van der Waals surface area (Å²) in [4.78, 5) is 11.9. The monoisotopic (exact) mass is 292 g/mol. The topological polar surface area (TPSA) is 26.3 Å². The number of halogens is 3. The van der Waals surface area contributed by atoms with Gasteiger partial charge in [0.15, 0.2) is 5.78 Å². The molecule has 0 N–H and O–H groups in total. The molecule has 0 aliphatic carbocycles. The highest BCUT2D eigenvalue weighted by atomic mass is 32.1. The van der Waals surface area contributed by atoms with Gasteiger partial charge in [-0.1, -0.05) is 19.9 Å². The van der Waals surface area contributed by atoms with Gasteiger partial charge in [-0.2, -0.15) is 13.2 Å². The number of carbonyl (C=O) groups is 1. The van der Waals surface area contributed by atoms with Crippen LogP contribution in [0, 0.1) is 5.92 Å². The van der Waals surface area contributed by atoms with E-state index in [9.17, 15) is 18.0 Å². The van der Waals surface area contributed by atoms with Crippen LogP contribution in [-0.2, 0) is 4.74 Å². The number of ketones is 1. The van der Waals surface area contributed by atoms with Crippen LogP contribution in [0.2, 0.25) is 0 Å². The number of carbonyl (C=O) groups excluding carboxylic acids is 1. The van der Waals surface area contributed by atoms with Crippen molar-refractivity contribution < 1.29 is 22.7 Å². The second-order valence-electron chi connectivity index (χ2n) is 4.38. The van der Waals surface area contributed by atoms with Crippen molar-refractivity contribution in [1.29, 1.82) is 0 Å². The summed E-state index contributed by atoms with van der Waals surface area (Å²) in [5.41, 5.74) is 0. The third kappa shape index (κ3) is 5.46. The minimum atomic E-state index is -4.65. The third-order valence-corrected chi connectivity index (χ3v) is 3.14. The van der Waals surface area contributed by atoms with Gasteiger partial charge in [0.1, 0.15) is 0 Å². The Hall–Kier alpha value is -1.30. The molecule has 106 valence electrons. The zero-order valence-electron chi connectivity index (χ0n) is 10.7. The van der Waals surface area contributed by atoms with Crippen molar-refractivity contribution >= 4 is 17.1 Å². The Bertz CT molecular complexity index is 433. The van der Waals surface area contributed by atoms with Crippen LogP contribution in [0.25, 0.3) is 0 Å². The Balaban J connectivity index is 2.76. The molecule has 0 unspecified atom stereocenters. The zero-order chi connectivity index (χ0) is 14.5. The Morgan fingerprint density at radius 2 is 2.16 bits per heavy atom. The fraction of sp³-hybridized carbons (Fsp3) is 0.462. The van der Waals surface area contributed by atoms with E-state index in [4.69, 9.17) is 4.74 Å². The van der Waals surface area contributed by atoms with Crippen LogP contribution in [-0.4, -0.2) is 18.6 Å². The second kappa shape index (κ2) is 6.75. The van der Waals surface area contributed by atoms with Crippen LogP contribution in [0.15, 0.2) is 29.3 Å². The fourth-order valence-corrected chi connectivity index (χ4v) is 1.85. The van der Waals surface area contributed by atoms with Crippen molar-refractivity contribution in [1.82, 2.24) is 0 Å². The van der Waals surface area contributed by atoms with Crippen molar-refractivity contribution in [2.24, 2.45) is 5.92 Å². The minimum absolute atomic E-state index is 0.0548. The summed E-state index contributed by atoms with van der Waals surface area (Å²) in [6.07, 6.45) is -3.63. The molecule has 1 rings (SSSR count). The van der Waals surface area contributed by atoms with Gasteiger partial charge in [-0.15, -0.1) is 11.3 Å². The summed E-state index contributed by atoms with van der Waals surface area (Å²) in [7, 11) is 0. The molecular weight excluding hydrogens is 277 g/mol. The molecule has 0 aliphatic heterocycles. The summed E-state index contributed by atoms with van der Waals surface area (Å²) < 4.78 is 42.8. The lowest BCUT2D eigenvalue weighted by molar-refractivity contribution is -0.131. The number of alkyl halides is 3. The van der Waals surface area contributed by atoms with E-state index in [1.807, 2.05) is 13.8 Å². The molecule has 19 heavy (non-hydrogen) atoms. The molecule has 1 heterocycles. The fourth-order valence-electron chi connectivity index (χ4n) is 1.22. The predicted octanol–water partition coefficient (Wildman–Crippen LogP) is 4.44. The van der Waals surface area contributed by atoms with E-state index in [1.54, 1.807) is 11.4 Å². The maximum atomic E-state index is 12.7. The van der Waals surface area contributed by atoms with Crippen molar-refractivity contribution in [3.63, 3.8) is 0 Å². The molecule has 2 nitrogen and oxygen atoms in total. The molecule has 0 spiro atoms. The Labute approximate surface area is 113 Å². The van der Waals surface area contributed by atoms with Crippen molar-refractivity contribution in [3.05, 3.63) is 34.2 Å². The van der Waals surface area contributed by atoms with Crippen molar-refractivity contribution in [2.75, 3.05) is 6.61 Å². The Kier molecular flexibility index (Phi) is 5.60. The van der Waals surface area contributed by atoms with E-state index in [1.165, 1.54) is 6.07 Å². The standard InChI is InChI=1S/C13H15F3O2S/c1-9(2)5-6-18-12(13(14,15)16)8-10(17)11-4-3-7-19-11/h3-4,7-9H,5-6H2,1-2H3/b12-8+. The van der Waals surface area contributed by atoms with Crippen LogP contribution >= 0.6 is 11.3 Å². The second-order valence-corrected chi connectivity index (χ2v) is 5.33. The van der Waals surface area contributed by atoms with Crippen LogP contribution in [0.5, 0.6) is 0 Å². The van der Waals surface area contributed by atoms with E-state index in [0.29, 0.717) is 12.5 Å². The maximum Gasteiger partial charge on any atom is 0.449 e. The summed E-state index contributed by atoms with van der Waals surface area (Å²) in [6, 6.07) is 3.09. The molecule has 0 saturated carbocycles. The molecule has 0 fully saturated rings. The SMILES string of the molecule is CC(C)CCO/C(=C/C(=O)c1cccs1)C(F)(F)F. The van der Waals surface area contributed by atoms with E-state index in [0.717, 1.165) is 11.3 Å². The summed E-state index contributed by atoms with van der Waals surface area (Å²) in [5.74, 6) is -1.68. The smallest absolute Gasteiger partial charge is 0.449 e. The summed E-state index contributed by atoms with van der Waals surface area (Å²) in [5, 5.41) is 1.63. The molecule has 6 heteroatoms. The van der Waals surface area contributed by atoms with Gasteiger partial charge in [0, 0.05) is 6.08 Å². The van der Waals surface area contributed by atoms with Gasteiger partial charge in [-0.3, -0.25) is 4.79 Å². The molecule has 1 aromatic rings. The predicted molar refractivity (Wildman–Crippen MR) is 68.2 cm³/mol. The molecule has 0 saturated heterocycles. The maximum absolute atomic E-state index is 12.7. The van der Waals surface area contributed by atoms with E-state index >= 15 is 0 Å². The van der Waals surface area contributed by atoms with Gasteiger partial charge in [-0.05, 0) is 23.8 Å². The van der Waals surface area contributed by atoms with E-state index < -0.39 is 17.7 Å². The lowest BCUT2D eigenvalue weighted by atomic mass is 10.1. The summed E-state index contributed by atoms with van der Waals surface area (Å²) in [6.45, 7) is 3.72. The van der Waals surface area contributed by atoms with Crippen LogP contribution in [0.3, 0.4) is 0 Å². The van der Waals surface area contributed by atoms with Gasteiger partial charge in [0.25, 0.3) is 0 Å². The molecule has 0 atom stereocenters. The van der Waals surface area contributed by atoms with Gasteiger partial charge in [0.05, 0.1) is 11.5 Å². The van der Waals surface area contributed by atoms with Gasteiger partial charge in [-0.25, -0.2) is 0 Å². The number of rotatable bonds is 6. The van der Waals surface area contributed by atoms with E-state index in [-0.39, 0.29) is 17.4 Å². The zero-order valence-corrected chi connectivity index (χ0v) is 11.5. The lowest BCUT2D eigenvalue weighted by Gasteiger charge is -2.14. The lowest BCUT2D eigenvalue weighted by Crippen LogP contribution is -2.17. The number of thiophene rings is 1. The number of allylic oxidation sites excluding steroid dienone is 2. The normalized spacial score (nSPS) is 12.8. The third-order valence-electron chi connectivity index (χ3n) is 2.26. The first-order valence-corrected chi connectivity index (χ1v) is 6.68. The Morgan fingerprint density at radius 3 is 2.63 bits per heavy atom.